The second-order valence-corrected chi connectivity index (χ2v) is 6.06. The number of carbonyl (C=O) groups is 1. The molecule has 1 aromatic heterocycles. The number of carbonyl (C=O) groups excluding carboxylic acids is 1. The monoisotopic (exact) mass is 294 g/mol. The Morgan fingerprint density at radius 1 is 1.40 bits per heavy atom. The fourth-order valence-corrected chi connectivity index (χ4v) is 3.08. The second-order valence-electron chi connectivity index (χ2n) is 5.70. The number of aryl methyl sites for hydroxylation is 1. The van der Waals surface area contributed by atoms with Gasteiger partial charge in [-0.15, -0.1) is 0 Å². The number of halogens is 1. The van der Waals surface area contributed by atoms with E-state index < -0.39 is 0 Å². The Morgan fingerprint density at radius 2 is 2.20 bits per heavy atom. The van der Waals surface area contributed by atoms with Crippen molar-refractivity contribution in [3.8, 4) is 0 Å². The maximum absolute atomic E-state index is 11.1. The van der Waals surface area contributed by atoms with E-state index >= 15 is 0 Å². The zero-order valence-corrected chi connectivity index (χ0v) is 12.4. The summed E-state index contributed by atoms with van der Waals surface area (Å²) in [5, 5.41) is 3.50. The molecule has 3 rings (SSSR count). The molecule has 0 amide bonds. The molecule has 1 aliphatic heterocycles. The van der Waals surface area contributed by atoms with Gasteiger partial charge in [-0.05, 0) is 38.6 Å². The Balaban J connectivity index is 1.62. The van der Waals surface area contributed by atoms with Crippen LogP contribution in [-0.2, 0) is 0 Å². The third kappa shape index (κ3) is 2.94. The lowest BCUT2D eigenvalue weighted by Gasteiger charge is -2.16. The number of hydrogen-bond acceptors (Lipinski definition) is 5. The van der Waals surface area contributed by atoms with Crippen molar-refractivity contribution >= 4 is 23.7 Å². The number of rotatable bonds is 5. The molecule has 0 aromatic carbocycles. The van der Waals surface area contributed by atoms with Crippen LogP contribution in [-0.4, -0.2) is 46.8 Å². The van der Waals surface area contributed by atoms with Crippen LogP contribution >= 0.6 is 11.6 Å². The first kappa shape index (κ1) is 13.8. The Kier molecular flexibility index (Phi) is 3.89. The van der Waals surface area contributed by atoms with E-state index in [-0.39, 0.29) is 5.15 Å². The van der Waals surface area contributed by atoms with Gasteiger partial charge in [-0.2, -0.15) is 0 Å². The molecule has 1 unspecified atom stereocenters. The van der Waals surface area contributed by atoms with Gasteiger partial charge >= 0.3 is 0 Å². The first-order valence-corrected chi connectivity index (χ1v) is 7.52. The van der Waals surface area contributed by atoms with Crippen molar-refractivity contribution < 1.29 is 4.79 Å². The van der Waals surface area contributed by atoms with Crippen molar-refractivity contribution in [2.24, 2.45) is 5.92 Å². The van der Waals surface area contributed by atoms with Gasteiger partial charge < -0.3 is 10.2 Å². The van der Waals surface area contributed by atoms with Gasteiger partial charge in [0.15, 0.2) is 6.29 Å². The minimum Gasteiger partial charge on any atom is -0.369 e. The van der Waals surface area contributed by atoms with Gasteiger partial charge in [-0.1, -0.05) is 11.6 Å². The summed E-state index contributed by atoms with van der Waals surface area (Å²) in [5.41, 5.74) is 0.356. The highest BCUT2D eigenvalue weighted by Gasteiger charge is 2.34. The Bertz CT molecular complexity index is 518. The minimum atomic E-state index is 0.223. The molecule has 1 atom stereocenters. The van der Waals surface area contributed by atoms with Gasteiger partial charge in [0, 0.05) is 19.1 Å². The molecule has 1 N–H and O–H groups in total. The maximum atomic E-state index is 11.1. The van der Waals surface area contributed by atoms with Crippen LogP contribution in [0.5, 0.6) is 0 Å². The molecule has 1 aliphatic carbocycles. The van der Waals surface area contributed by atoms with Crippen LogP contribution in [0.2, 0.25) is 5.15 Å². The van der Waals surface area contributed by atoms with Gasteiger partial charge in [-0.25, -0.2) is 9.97 Å². The van der Waals surface area contributed by atoms with Gasteiger partial charge in [-0.3, -0.25) is 4.79 Å². The molecule has 1 aromatic rings. The number of hydrogen-bond donors (Lipinski definition) is 1. The van der Waals surface area contributed by atoms with E-state index in [1.807, 2.05) is 0 Å². The number of aromatic nitrogens is 2. The molecule has 2 aliphatic rings. The van der Waals surface area contributed by atoms with Gasteiger partial charge in [0.1, 0.15) is 16.8 Å². The minimum absolute atomic E-state index is 0.223. The Hall–Kier alpha value is -1.20. The molecule has 5 nitrogen and oxygen atoms in total. The van der Waals surface area contributed by atoms with Crippen LogP contribution in [0.25, 0.3) is 0 Å². The van der Waals surface area contributed by atoms with E-state index in [4.69, 9.17) is 11.6 Å². The quantitative estimate of drug-likeness (QED) is 0.666. The van der Waals surface area contributed by atoms with Crippen molar-refractivity contribution in [1.82, 2.24) is 14.9 Å². The third-order valence-electron chi connectivity index (χ3n) is 4.07. The van der Waals surface area contributed by atoms with E-state index in [2.05, 4.69) is 20.2 Å². The van der Waals surface area contributed by atoms with Crippen molar-refractivity contribution in [1.29, 1.82) is 0 Å². The zero-order valence-electron chi connectivity index (χ0n) is 11.6. The first-order valence-electron chi connectivity index (χ1n) is 7.14. The van der Waals surface area contributed by atoms with Crippen LogP contribution in [0.15, 0.2) is 0 Å². The van der Waals surface area contributed by atoms with Crippen molar-refractivity contribution in [2.45, 2.75) is 32.2 Å². The van der Waals surface area contributed by atoms with Gasteiger partial charge in [0.25, 0.3) is 0 Å². The van der Waals surface area contributed by atoms with Crippen molar-refractivity contribution in [2.75, 3.05) is 25.0 Å². The third-order valence-corrected chi connectivity index (χ3v) is 4.36. The summed E-state index contributed by atoms with van der Waals surface area (Å²) in [6.07, 6.45) is 4.64. The highest BCUT2D eigenvalue weighted by molar-refractivity contribution is 6.32. The molecule has 2 fully saturated rings. The molecular weight excluding hydrogens is 276 g/mol. The molecule has 1 saturated carbocycles. The summed E-state index contributed by atoms with van der Waals surface area (Å²) >= 11 is 5.97. The fraction of sp³-hybridized carbons (Fsp3) is 0.643. The highest BCUT2D eigenvalue weighted by Crippen LogP contribution is 2.31. The van der Waals surface area contributed by atoms with Crippen LogP contribution < -0.4 is 5.32 Å². The number of nitrogens with zero attached hydrogens (tertiary/aromatic N) is 3. The van der Waals surface area contributed by atoms with Gasteiger partial charge in [0.05, 0.1) is 5.56 Å². The topological polar surface area (TPSA) is 58.1 Å². The molecule has 0 radical (unpaired) electrons. The molecule has 108 valence electrons. The molecule has 1 saturated heterocycles. The molecule has 0 bridgehead atoms. The summed E-state index contributed by atoms with van der Waals surface area (Å²) < 4.78 is 0. The molecule has 20 heavy (non-hydrogen) atoms. The molecule has 2 heterocycles. The van der Waals surface area contributed by atoms with Crippen LogP contribution in [0.4, 0.5) is 5.82 Å². The van der Waals surface area contributed by atoms with Crippen LogP contribution in [0.1, 0.15) is 35.4 Å². The lowest BCUT2D eigenvalue weighted by atomic mass is 10.1. The summed E-state index contributed by atoms with van der Waals surface area (Å²) in [6.45, 7) is 4.94. The predicted molar refractivity (Wildman–Crippen MR) is 78.4 cm³/mol. The fourth-order valence-electron chi connectivity index (χ4n) is 2.83. The SMILES string of the molecule is Cc1nc(Cl)c(C=O)c(NCC2CCN(C3CC3)C2)n1. The lowest BCUT2D eigenvalue weighted by molar-refractivity contribution is 0.112. The smallest absolute Gasteiger partial charge is 0.156 e. The summed E-state index contributed by atoms with van der Waals surface area (Å²) in [6, 6.07) is 0.835. The zero-order chi connectivity index (χ0) is 14.1. The van der Waals surface area contributed by atoms with Crippen LogP contribution in [0.3, 0.4) is 0 Å². The molecule has 0 spiro atoms. The van der Waals surface area contributed by atoms with E-state index in [0.717, 1.165) is 25.4 Å². The molecule has 6 heteroatoms. The van der Waals surface area contributed by atoms with E-state index in [1.54, 1.807) is 6.92 Å². The van der Waals surface area contributed by atoms with E-state index in [0.29, 0.717) is 23.1 Å². The van der Waals surface area contributed by atoms with E-state index in [9.17, 15) is 4.79 Å². The van der Waals surface area contributed by atoms with E-state index in [1.165, 1.54) is 25.8 Å². The standard InChI is InChI=1S/C14H19ClN4O/c1-9-17-13(15)12(8-20)14(18-9)16-6-10-4-5-19(7-10)11-2-3-11/h8,10-11H,2-7H2,1H3,(H,16,17,18). The van der Waals surface area contributed by atoms with Crippen molar-refractivity contribution in [3.63, 3.8) is 0 Å². The second kappa shape index (κ2) is 5.66. The number of likely N-dealkylation sites (tertiary alicyclic amines) is 1. The number of anilines is 1. The maximum Gasteiger partial charge on any atom is 0.156 e. The Labute approximate surface area is 123 Å². The predicted octanol–water partition coefficient (Wildman–Crippen LogP) is 2.15. The largest absolute Gasteiger partial charge is 0.369 e. The normalized spacial score (nSPS) is 23.0. The highest BCUT2D eigenvalue weighted by atomic mass is 35.5. The summed E-state index contributed by atoms with van der Waals surface area (Å²) in [4.78, 5) is 22.0. The average Bonchev–Trinajstić information content (AvgIpc) is 3.15. The van der Waals surface area contributed by atoms with Crippen LogP contribution in [0, 0.1) is 12.8 Å². The first-order chi connectivity index (χ1) is 9.67. The molecular formula is C14H19ClN4O. The lowest BCUT2D eigenvalue weighted by Crippen LogP contribution is -2.25. The Morgan fingerprint density at radius 3 is 2.90 bits per heavy atom. The van der Waals surface area contributed by atoms with Crippen molar-refractivity contribution in [3.05, 3.63) is 16.5 Å². The van der Waals surface area contributed by atoms with Gasteiger partial charge in [0.2, 0.25) is 0 Å². The summed E-state index contributed by atoms with van der Waals surface area (Å²) in [5.74, 6) is 1.75. The number of nitrogens with one attached hydrogen (secondary N) is 1. The summed E-state index contributed by atoms with van der Waals surface area (Å²) in [7, 11) is 0. The number of aldehydes is 1. The average molecular weight is 295 g/mol.